The molecule has 4 aromatic carbocycles. The van der Waals surface area contributed by atoms with Gasteiger partial charge in [-0.05, 0) is 55.0 Å². The summed E-state index contributed by atoms with van der Waals surface area (Å²) in [5.74, 6) is -1.82. The summed E-state index contributed by atoms with van der Waals surface area (Å²) >= 11 is 0. The van der Waals surface area contributed by atoms with Gasteiger partial charge in [0.25, 0.3) is 0 Å². The first-order valence-electron chi connectivity index (χ1n) is 19.6. The van der Waals surface area contributed by atoms with Crippen molar-refractivity contribution in [3.05, 3.63) is 138 Å². The van der Waals surface area contributed by atoms with Gasteiger partial charge >= 0.3 is 0 Å². The quantitative estimate of drug-likeness (QED) is 0.0972. The summed E-state index contributed by atoms with van der Waals surface area (Å²) in [7, 11) is 0. The van der Waals surface area contributed by atoms with Crippen LogP contribution in [0.3, 0.4) is 0 Å². The predicted octanol–water partition coefficient (Wildman–Crippen LogP) is 3.46. The SMILES string of the molecule is C[C@H](NC(=O)[C@H](C)NC(=O)[C@H](Cc1ccccc1)NC(=O)CCN1CCC(Oc2ccccc2Cc2ccccc2)CC1)C(=O)N[C@H](Cc1ccccc1)C(N)=O. The molecule has 1 aliphatic rings. The molecule has 1 heterocycles. The van der Waals surface area contributed by atoms with Crippen molar-refractivity contribution in [3.63, 3.8) is 0 Å². The minimum absolute atomic E-state index is 0.0780. The van der Waals surface area contributed by atoms with E-state index in [1.54, 1.807) is 0 Å². The summed E-state index contributed by atoms with van der Waals surface area (Å²) in [6.45, 7) is 5.07. The number of hydrogen-bond acceptors (Lipinski definition) is 7. The van der Waals surface area contributed by atoms with Gasteiger partial charge in [-0.15, -0.1) is 0 Å². The van der Waals surface area contributed by atoms with E-state index in [4.69, 9.17) is 10.5 Å². The van der Waals surface area contributed by atoms with Crippen LogP contribution in [0.4, 0.5) is 0 Å². The number of carbonyl (C=O) groups is 5. The number of amides is 5. The second-order valence-electron chi connectivity index (χ2n) is 14.6. The van der Waals surface area contributed by atoms with E-state index in [1.807, 2.05) is 97.1 Å². The van der Waals surface area contributed by atoms with Gasteiger partial charge in [0.2, 0.25) is 29.5 Å². The highest BCUT2D eigenvalue weighted by molar-refractivity contribution is 5.95. The molecule has 0 spiro atoms. The molecule has 300 valence electrons. The van der Waals surface area contributed by atoms with Gasteiger partial charge in [0, 0.05) is 45.3 Å². The van der Waals surface area contributed by atoms with Crippen LogP contribution in [-0.4, -0.2) is 84.3 Å². The molecule has 1 aliphatic heterocycles. The smallest absolute Gasteiger partial charge is 0.243 e. The highest BCUT2D eigenvalue weighted by Gasteiger charge is 2.28. The Morgan fingerprint density at radius 1 is 0.632 bits per heavy atom. The number of nitrogens with zero attached hydrogens (tertiary/aromatic N) is 1. The first kappa shape index (κ1) is 42.1. The van der Waals surface area contributed by atoms with E-state index in [0.29, 0.717) is 6.54 Å². The summed E-state index contributed by atoms with van der Waals surface area (Å²) in [4.78, 5) is 67.2. The molecular weight excluding hydrogens is 721 g/mol. The van der Waals surface area contributed by atoms with Crippen LogP contribution in [0.15, 0.2) is 115 Å². The average molecular weight is 775 g/mol. The maximum Gasteiger partial charge on any atom is 0.243 e. The molecular formula is C45H54N6O6. The Bertz CT molecular complexity index is 1920. The lowest BCUT2D eigenvalue weighted by molar-refractivity contribution is -0.133. The van der Waals surface area contributed by atoms with Crippen LogP contribution >= 0.6 is 0 Å². The van der Waals surface area contributed by atoms with Crippen molar-refractivity contribution < 1.29 is 28.7 Å². The Labute approximate surface area is 334 Å². The number of para-hydroxylation sites is 1. The fourth-order valence-electron chi connectivity index (χ4n) is 6.75. The number of piperidine rings is 1. The Morgan fingerprint density at radius 3 is 1.70 bits per heavy atom. The lowest BCUT2D eigenvalue weighted by Gasteiger charge is -2.32. The number of nitrogens with two attached hydrogens (primary N) is 1. The van der Waals surface area contributed by atoms with E-state index in [-0.39, 0.29) is 31.3 Å². The van der Waals surface area contributed by atoms with Crippen molar-refractivity contribution in [1.82, 2.24) is 26.2 Å². The number of carbonyl (C=O) groups excluding carboxylic acids is 5. The zero-order chi connectivity index (χ0) is 40.6. The van der Waals surface area contributed by atoms with Gasteiger partial charge < -0.3 is 36.6 Å². The largest absolute Gasteiger partial charge is 0.490 e. The standard InChI is InChI=1S/C45H54N6O6/c1-31(43(54)47-32(2)44(55)50-38(42(46)53)29-34-16-8-4-9-17-34)48-45(56)39(30-35-18-10-5-11-19-35)49-41(52)24-27-51-25-22-37(23-26-51)57-40-21-13-12-20-36(40)28-33-14-6-3-7-15-33/h3-21,31-32,37-39H,22-30H2,1-2H3,(H2,46,53)(H,47,54)(H,48,56)(H,49,52)(H,50,55)/t31-,32-,38+,39-/m0/s1. The van der Waals surface area contributed by atoms with Crippen LogP contribution in [0.25, 0.3) is 0 Å². The van der Waals surface area contributed by atoms with Crippen molar-refractivity contribution in [2.45, 2.75) is 82.6 Å². The van der Waals surface area contributed by atoms with Crippen LogP contribution in [0.5, 0.6) is 5.75 Å². The minimum Gasteiger partial charge on any atom is -0.490 e. The van der Waals surface area contributed by atoms with Crippen molar-refractivity contribution >= 4 is 29.5 Å². The molecule has 6 N–H and O–H groups in total. The van der Waals surface area contributed by atoms with E-state index >= 15 is 0 Å². The van der Waals surface area contributed by atoms with Crippen molar-refractivity contribution in [2.75, 3.05) is 19.6 Å². The molecule has 0 bridgehead atoms. The van der Waals surface area contributed by atoms with Crippen LogP contribution in [0.1, 0.15) is 55.4 Å². The molecule has 0 aliphatic carbocycles. The molecule has 4 aromatic rings. The maximum atomic E-state index is 13.6. The lowest BCUT2D eigenvalue weighted by Crippen LogP contribution is -2.57. The van der Waals surface area contributed by atoms with E-state index in [1.165, 1.54) is 19.4 Å². The molecule has 12 heteroatoms. The van der Waals surface area contributed by atoms with E-state index < -0.39 is 47.8 Å². The van der Waals surface area contributed by atoms with Crippen molar-refractivity contribution in [1.29, 1.82) is 0 Å². The van der Waals surface area contributed by atoms with Gasteiger partial charge in [-0.3, -0.25) is 24.0 Å². The van der Waals surface area contributed by atoms with E-state index in [0.717, 1.165) is 54.8 Å². The summed E-state index contributed by atoms with van der Waals surface area (Å²) in [5.41, 5.74) is 9.57. The maximum absolute atomic E-state index is 13.6. The number of hydrogen-bond donors (Lipinski definition) is 5. The summed E-state index contributed by atoms with van der Waals surface area (Å²) in [5, 5.41) is 10.8. The van der Waals surface area contributed by atoms with Gasteiger partial charge in [-0.25, -0.2) is 0 Å². The fraction of sp³-hybridized carbons (Fsp3) is 0.356. The number of rotatable bonds is 19. The zero-order valence-electron chi connectivity index (χ0n) is 32.7. The highest BCUT2D eigenvalue weighted by Crippen LogP contribution is 2.25. The highest BCUT2D eigenvalue weighted by atomic mass is 16.5. The van der Waals surface area contributed by atoms with Gasteiger partial charge in [0.05, 0.1) is 0 Å². The molecule has 0 radical (unpaired) electrons. The average Bonchev–Trinajstić information content (AvgIpc) is 3.21. The second kappa shape index (κ2) is 21.3. The molecule has 0 unspecified atom stereocenters. The summed E-state index contributed by atoms with van der Waals surface area (Å²) in [6, 6.07) is 32.9. The third-order valence-corrected chi connectivity index (χ3v) is 10.1. The predicted molar refractivity (Wildman–Crippen MR) is 219 cm³/mol. The lowest BCUT2D eigenvalue weighted by atomic mass is 10.0. The monoisotopic (exact) mass is 774 g/mol. The fourth-order valence-corrected chi connectivity index (χ4v) is 6.75. The number of likely N-dealkylation sites (tertiary alicyclic amines) is 1. The third-order valence-electron chi connectivity index (χ3n) is 10.1. The van der Waals surface area contributed by atoms with Crippen molar-refractivity contribution in [2.24, 2.45) is 5.73 Å². The molecule has 1 saturated heterocycles. The Morgan fingerprint density at radius 2 is 1.12 bits per heavy atom. The molecule has 1 fully saturated rings. The number of nitrogens with one attached hydrogen (secondary N) is 4. The van der Waals surface area contributed by atoms with Gasteiger partial charge in [0.1, 0.15) is 36.0 Å². The molecule has 57 heavy (non-hydrogen) atoms. The second-order valence-corrected chi connectivity index (χ2v) is 14.6. The number of primary amides is 1. The van der Waals surface area contributed by atoms with Crippen LogP contribution < -0.4 is 31.7 Å². The van der Waals surface area contributed by atoms with E-state index in [9.17, 15) is 24.0 Å². The molecule has 0 saturated carbocycles. The Hall–Kier alpha value is -6.01. The van der Waals surface area contributed by atoms with Crippen LogP contribution in [-0.2, 0) is 43.2 Å². The normalized spacial score (nSPS) is 15.3. The van der Waals surface area contributed by atoms with Crippen LogP contribution in [0, 0.1) is 0 Å². The summed E-state index contributed by atoms with van der Waals surface area (Å²) < 4.78 is 6.48. The molecule has 0 aromatic heterocycles. The Balaban J connectivity index is 1.09. The first-order chi connectivity index (χ1) is 27.5. The van der Waals surface area contributed by atoms with E-state index in [2.05, 4.69) is 44.4 Å². The molecule has 12 nitrogen and oxygen atoms in total. The topological polar surface area (TPSA) is 172 Å². The molecule has 5 rings (SSSR count). The molecule has 4 atom stereocenters. The summed E-state index contributed by atoms with van der Waals surface area (Å²) in [6.07, 6.45) is 3.16. The minimum atomic E-state index is -1.03. The first-order valence-corrected chi connectivity index (χ1v) is 19.6. The van der Waals surface area contributed by atoms with Crippen LogP contribution in [0.2, 0.25) is 0 Å². The van der Waals surface area contributed by atoms with Crippen molar-refractivity contribution in [3.8, 4) is 5.75 Å². The molecule has 5 amide bonds. The third kappa shape index (κ3) is 13.6. The zero-order valence-corrected chi connectivity index (χ0v) is 32.7. The number of benzene rings is 4. The van der Waals surface area contributed by atoms with Gasteiger partial charge in [0.15, 0.2) is 0 Å². The number of ether oxygens (including phenoxy) is 1. The van der Waals surface area contributed by atoms with Gasteiger partial charge in [-0.1, -0.05) is 109 Å². The van der Waals surface area contributed by atoms with Gasteiger partial charge in [-0.2, -0.15) is 0 Å². The Kier molecular flexibility index (Phi) is 15.8.